The molecule has 0 fully saturated rings. The van der Waals surface area contributed by atoms with Crippen LogP contribution in [0.1, 0.15) is 29.7 Å². The van der Waals surface area contributed by atoms with Gasteiger partial charge in [0.2, 0.25) is 0 Å². The summed E-state index contributed by atoms with van der Waals surface area (Å²) >= 11 is 6.11. The van der Waals surface area contributed by atoms with Crippen LogP contribution in [0.5, 0.6) is 0 Å². The summed E-state index contributed by atoms with van der Waals surface area (Å²) in [6.07, 6.45) is 1.44. The molecule has 3 aromatic carbocycles. The molecule has 0 unspecified atom stereocenters. The standard InChI is InChI=1S/C24H23ClN4O2/c1-16-8-11-21(12-9-16)28-22-13-10-20(25)14-19(22)15-26-29-24(31)23(30)27-17(2)18-6-4-3-5-7-18/h3-15,17,28H,1-2H3,(H,27,30)(H,29,31)/b26-15-/t17-/m0/s1. The van der Waals surface area contributed by atoms with E-state index in [0.717, 1.165) is 22.5 Å². The van der Waals surface area contributed by atoms with Crippen molar-refractivity contribution in [2.75, 3.05) is 5.32 Å². The molecular weight excluding hydrogens is 412 g/mol. The zero-order valence-electron chi connectivity index (χ0n) is 17.2. The Morgan fingerprint density at radius 2 is 1.68 bits per heavy atom. The third kappa shape index (κ3) is 6.42. The number of hydrazone groups is 1. The summed E-state index contributed by atoms with van der Waals surface area (Å²) in [5.41, 5.74) is 6.63. The third-order valence-electron chi connectivity index (χ3n) is 4.57. The van der Waals surface area contributed by atoms with E-state index >= 15 is 0 Å². The van der Waals surface area contributed by atoms with Crippen LogP contribution in [0.15, 0.2) is 77.9 Å². The molecule has 0 aromatic heterocycles. The minimum atomic E-state index is -0.853. The van der Waals surface area contributed by atoms with Crippen LogP contribution in [0.25, 0.3) is 0 Å². The van der Waals surface area contributed by atoms with Gasteiger partial charge in [-0.15, -0.1) is 0 Å². The fourth-order valence-electron chi connectivity index (χ4n) is 2.85. The Hall–Kier alpha value is -3.64. The normalized spacial score (nSPS) is 11.7. The van der Waals surface area contributed by atoms with Gasteiger partial charge < -0.3 is 10.6 Å². The Balaban J connectivity index is 1.63. The van der Waals surface area contributed by atoms with Crippen LogP contribution in [0.2, 0.25) is 5.02 Å². The maximum absolute atomic E-state index is 12.1. The van der Waals surface area contributed by atoms with Crippen LogP contribution in [-0.2, 0) is 9.59 Å². The molecule has 3 rings (SSSR count). The van der Waals surface area contributed by atoms with Gasteiger partial charge in [-0.25, -0.2) is 5.43 Å². The Morgan fingerprint density at radius 1 is 0.968 bits per heavy atom. The molecule has 0 saturated carbocycles. The monoisotopic (exact) mass is 434 g/mol. The molecule has 0 aliphatic carbocycles. The van der Waals surface area contributed by atoms with E-state index in [1.165, 1.54) is 6.21 Å². The molecule has 3 aromatic rings. The van der Waals surface area contributed by atoms with E-state index in [1.807, 2.05) is 67.6 Å². The lowest BCUT2D eigenvalue weighted by atomic mass is 10.1. The van der Waals surface area contributed by atoms with Crippen molar-refractivity contribution >= 4 is 41.0 Å². The number of hydrogen-bond acceptors (Lipinski definition) is 4. The van der Waals surface area contributed by atoms with Crippen molar-refractivity contribution in [3.63, 3.8) is 0 Å². The van der Waals surface area contributed by atoms with Gasteiger partial charge in [0, 0.05) is 22.0 Å². The lowest BCUT2D eigenvalue weighted by molar-refractivity contribution is -0.139. The summed E-state index contributed by atoms with van der Waals surface area (Å²) in [5.74, 6) is -1.62. The van der Waals surface area contributed by atoms with Gasteiger partial charge >= 0.3 is 11.8 Å². The Morgan fingerprint density at radius 3 is 2.39 bits per heavy atom. The summed E-state index contributed by atoms with van der Waals surface area (Å²) in [4.78, 5) is 24.2. The molecule has 3 N–H and O–H groups in total. The molecule has 0 saturated heterocycles. The highest BCUT2D eigenvalue weighted by atomic mass is 35.5. The first-order chi connectivity index (χ1) is 14.9. The second-order valence-electron chi connectivity index (χ2n) is 7.03. The predicted molar refractivity (Wildman–Crippen MR) is 125 cm³/mol. The van der Waals surface area contributed by atoms with Gasteiger partial charge in [0.15, 0.2) is 0 Å². The highest BCUT2D eigenvalue weighted by Crippen LogP contribution is 2.23. The highest BCUT2D eigenvalue weighted by Gasteiger charge is 2.16. The molecule has 31 heavy (non-hydrogen) atoms. The van der Waals surface area contributed by atoms with Gasteiger partial charge in [-0.3, -0.25) is 9.59 Å². The van der Waals surface area contributed by atoms with Crippen LogP contribution in [0.3, 0.4) is 0 Å². The van der Waals surface area contributed by atoms with Gasteiger partial charge in [0.05, 0.1) is 12.3 Å². The fourth-order valence-corrected chi connectivity index (χ4v) is 3.03. The average Bonchev–Trinajstić information content (AvgIpc) is 2.77. The van der Waals surface area contributed by atoms with Gasteiger partial charge in [0.25, 0.3) is 0 Å². The smallest absolute Gasteiger partial charge is 0.329 e. The van der Waals surface area contributed by atoms with Crippen LogP contribution < -0.4 is 16.1 Å². The first-order valence-electron chi connectivity index (χ1n) is 9.74. The number of amides is 2. The molecular formula is C24H23ClN4O2. The van der Waals surface area contributed by atoms with E-state index in [1.54, 1.807) is 19.1 Å². The minimum absolute atomic E-state index is 0.304. The number of carbonyl (C=O) groups excluding carboxylic acids is 2. The van der Waals surface area contributed by atoms with Crippen molar-refractivity contribution in [2.45, 2.75) is 19.9 Å². The number of hydrogen-bond donors (Lipinski definition) is 3. The molecule has 0 spiro atoms. The second-order valence-corrected chi connectivity index (χ2v) is 7.46. The van der Waals surface area contributed by atoms with Gasteiger partial charge in [0.1, 0.15) is 0 Å². The van der Waals surface area contributed by atoms with E-state index in [9.17, 15) is 9.59 Å². The molecule has 2 amide bonds. The number of anilines is 2. The van der Waals surface area contributed by atoms with Crippen molar-refractivity contribution in [2.24, 2.45) is 5.10 Å². The van der Waals surface area contributed by atoms with Crippen molar-refractivity contribution in [1.29, 1.82) is 0 Å². The van der Waals surface area contributed by atoms with Crippen molar-refractivity contribution in [3.05, 3.63) is 94.5 Å². The van der Waals surface area contributed by atoms with E-state index in [0.29, 0.717) is 10.6 Å². The Bertz CT molecular complexity index is 1080. The predicted octanol–water partition coefficient (Wildman–Crippen LogP) is 4.72. The van der Waals surface area contributed by atoms with Gasteiger partial charge in [-0.05, 0) is 49.7 Å². The zero-order chi connectivity index (χ0) is 22.2. The van der Waals surface area contributed by atoms with E-state index in [-0.39, 0.29) is 6.04 Å². The summed E-state index contributed by atoms with van der Waals surface area (Å²) in [6.45, 7) is 3.82. The first kappa shape index (κ1) is 22.1. The quantitative estimate of drug-likeness (QED) is 0.298. The number of rotatable bonds is 6. The second kappa shape index (κ2) is 10.4. The van der Waals surface area contributed by atoms with E-state index in [2.05, 4.69) is 21.2 Å². The van der Waals surface area contributed by atoms with Gasteiger partial charge in [-0.2, -0.15) is 5.10 Å². The molecule has 1 atom stereocenters. The number of nitrogens with one attached hydrogen (secondary N) is 3. The summed E-state index contributed by atoms with van der Waals surface area (Å²) in [5, 5.41) is 10.4. The molecule has 0 bridgehead atoms. The third-order valence-corrected chi connectivity index (χ3v) is 4.80. The van der Waals surface area contributed by atoms with Crippen LogP contribution in [-0.4, -0.2) is 18.0 Å². The topological polar surface area (TPSA) is 82.6 Å². The minimum Gasteiger partial charge on any atom is -0.355 e. The molecule has 0 aliphatic rings. The largest absolute Gasteiger partial charge is 0.355 e. The lowest BCUT2D eigenvalue weighted by Crippen LogP contribution is -2.39. The van der Waals surface area contributed by atoms with E-state index < -0.39 is 11.8 Å². The fraction of sp³-hybridized carbons (Fsp3) is 0.125. The van der Waals surface area contributed by atoms with Crippen LogP contribution >= 0.6 is 11.6 Å². The van der Waals surface area contributed by atoms with Crippen LogP contribution in [0, 0.1) is 6.92 Å². The van der Waals surface area contributed by atoms with Crippen LogP contribution in [0.4, 0.5) is 11.4 Å². The maximum Gasteiger partial charge on any atom is 0.329 e. The van der Waals surface area contributed by atoms with Crippen molar-refractivity contribution in [3.8, 4) is 0 Å². The zero-order valence-corrected chi connectivity index (χ0v) is 18.0. The number of carbonyl (C=O) groups is 2. The van der Waals surface area contributed by atoms with Gasteiger partial charge in [-0.1, -0.05) is 59.6 Å². The molecule has 158 valence electrons. The maximum atomic E-state index is 12.1. The number of aryl methyl sites for hydroxylation is 1. The molecule has 0 heterocycles. The lowest BCUT2D eigenvalue weighted by Gasteiger charge is -2.13. The van der Waals surface area contributed by atoms with E-state index in [4.69, 9.17) is 11.6 Å². The number of nitrogens with zero attached hydrogens (tertiary/aromatic N) is 1. The average molecular weight is 435 g/mol. The Labute approximate surface area is 186 Å². The Kier molecular flexibility index (Phi) is 7.40. The molecule has 7 heteroatoms. The summed E-state index contributed by atoms with van der Waals surface area (Å²) in [6, 6.07) is 22.3. The highest BCUT2D eigenvalue weighted by molar-refractivity contribution is 6.35. The summed E-state index contributed by atoms with van der Waals surface area (Å²) in [7, 11) is 0. The SMILES string of the molecule is Cc1ccc(Nc2ccc(Cl)cc2/C=N\NC(=O)C(=O)N[C@@H](C)c2ccccc2)cc1. The first-order valence-corrected chi connectivity index (χ1v) is 10.1. The number of halogens is 1. The molecule has 0 aliphatic heterocycles. The molecule has 6 nitrogen and oxygen atoms in total. The summed E-state index contributed by atoms with van der Waals surface area (Å²) < 4.78 is 0. The number of benzene rings is 3. The van der Waals surface area contributed by atoms with Crippen molar-refractivity contribution in [1.82, 2.24) is 10.7 Å². The molecule has 0 radical (unpaired) electrons. The van der Waals surface area contributed by atoms with Crippen molar-refractivity contribution < 1.29 is 9.59 Å².